The van der Waals surface area contributed by atoms with Gasteiger partial charge < -0.3 is 4.74 Å². The van der Waals surface area contributed by atoms with Crippen LogP contribution in [0, 0.1) is 6.10 Å². The van der Waals surface area contributed by atoms with E-state index in [0.29, 0.717) is 0 Å². The van der Waals surface area contributed by atoms with Crippen LogP contribution in [0.1, 0.15) is 26.2 Å². The largest absolute Gasteiger partial charge is 0.366 e. The topological polar surface area (TPSA) is 12.5 Å². The van der Waals surface area contributed by atoms with Crippen molar-refractivity contribution in [3.05, 3.63) is 6.10 Å². The van der Waals surface area contributed by atoms with Crippen molar-refractivity contribution in [1.29, 1.82) is 0 Å². The van der Waals surface area contributed by atoms with Gasteiger partial charge in [-0.15, -0.1) is 0 Å². The second kappa shape index (κ2) is 2.31. The maximum atomic E-state index is 4.93. The zero-order valence-corrected chi connectivity index (χ0v) is 4.74. The van der Waals surface area contributed by atoms with Crippen molar-refractivity contribution in [2.45, 2.75) is 26.2 Å². The lowest BCUT2D eigenvalue weighted by Gasteiger charge is -1.85. The van der Waals surface area contributed by atoms with Gasteiger partial charge in [-0.1, -0.05) is 19.8 Å². The van der Waals surface area contributed by atoms with Crippen LogP contribution in [0.5, 0.6) is 0 Å². The molecular formula is C6H11O. The van der Waals surface area contributed by atoms with Crippen molar-refractivity contribution in [3.8, 4) is 0 Å². The van der Waals surface area contributed by atoms with E-state index in [1.165, 1.54) is 25.4 Å². The van der Waals surface area contributed by atoms with Crippen molar-refractivity contribution in [2.75, 3.05) is 6.61 Å². The van der Waals surface area contributed by atoms with Gasteiger partial charge >= 0.3 is 0 Å². The minimum atomic E-state index is 0.944. The highest BCUT2D eigenvalue weighted by atomic mass is 16.6. The Balaban J connectivity index is 1.80. The summed E-state index contributed by atoms with van der Waals surface area (Å²) in [5.74, 6) is 0. The van der Waals surface area contributed by atoms with Crippen molar-refractivity contribution < 1.29 is 4.74 Å². The Morgan fingerprint density at radius 3 is 2.86 bits per heavy atom. The minimum Gasteiger partial charge on any atom is -0.366 e. The molecule has 0 amide bonds. The van der Waals surface area contributed by atoms with Crippen LogP contribution >= 0.6 is 0 Å². The third-order valence-electron chi connectivity index (χ3n) is 1.16. The van der Waals surface area contributed by atoms with Crippen molar-refractivity contribution in [2.24, 2.45) is 0 Å². The standard InChI is InChI=1S/C6H11O/c1-2-3-4-6-5-7-6/h2-5H2,1H3. The number of rotatable bonds is 3. The average molecular weight is 99.2 g/mol. The zero-order chi connectivity index (χ0) is 5.11. The van der Waals surface area contributed by atoms with Gasteiger partial charge in [0, 0.05) is 0 Å². The van der Waals surface area contributed by atoms with Gasteiger partial charge in [0.15, 0.2) is 0 Å². The van der Waals surface area contributed by atoms with E-state index in [1.807, 2.05) is 0 Å². The Labute approximate surface area is 44.7 Å². The summed E-state index contributed by atoms with van der Waals surface area (Å²) >= 11 is 0. The molecule has 1 heteroatoms. The Bertz CT molecular complexity index is 48.1. The van der Waals surface area contributed by atoms with Crippen LogP contribution < -0.4 is 0 Å². The molecule has 1 fully saturated rings. The maximum Gasteiger partial charge on any atom is 0.123 e. The van der Waals surface area contributed by atoms with Gasteiger partial charge in [0.2, 0.25) is 0 Å². The first-order chi connectivity index (χ1) is 3.43. The summed E-state index contributed by atoms with van der Waals surface area (Å²) in [4.78, 5) is 0. The molecule has 1 aliphatic heterocycles. The SMILES string of the molecule is CCCC[C]1CO1. The minimum absolute atomic E-state index is 0.944. The molecule has 1 radical (unpaired) electrons. The summed E-state index contributed by atoms with van der Waals surface area (Å²) in [7, 11) is 0. The zero-order valence-electron chi connectivity index (χ0n) is 4.74. The number of epoxide rings is 1. The van der Waals surface area contributed by atoms with Crippen molar-refractivity contribution >= 4 is 0 Å². The van der Waals surface area contributed by atoms with E-state index in [-0.39, 0.29) is 0 Å². The Kier molecular flexibility index (Phi) is 1.69. The second-order valence-corrected chi connectivity index (χ2v) is 1.93. The predicted octanol–water partition coefficient (Wildman–Crippen LogP) is 1.74. The predicted molar refractivity (Wildman–Crippen MR) is 28.7 cm³/mol. The third-order valence-corrected chi connectivity index (χ3v) is 1.16. The van der Waals surface area contributed by atoms with Crippen LogP contribution in [0.3, 0.4) is 0 Å². The fourth-order valence-corrected chi connectivity index (χ4v) is 0.569. The molecule has 0 spiro atoms. The maximum absolute atomic E-state index is 4.93. The first-order valence-electron chi connectivity index (χ1n) is 2.91. The molecule has 0 aliphatic carbocycles. The van der Waals surface area contributed by atoms with Gasteiger partial charge in [-0.2, -0.15) is 0 Å². The highest BCUT2D eigenvalue weighted by Gasteiger charge is 2.22. The van der Waals surface area contributed by atoms with Crippen LogP contribution in [-0.4, -0.2) is 6.61 Å². The summed E-state index contributed by atoms with van der Waals surface area (Å²) < 4.78 is 4.93. The molecule has 1 saturated heterocycles. The second-order valence-electron chi connectivity index (χ2n) is 1.93. The fraction of sp³-hybridized carbons (Fsp3) is 0.833. The lowest BCUT2D eigenvalue weighted by molar-refractivity contribution is 0.452. The average Bonchev–Trinajstić information content (AvgIpc) is 2.42. The van der Waals surface area contributed by atoms with Crippen molar-refractivity contribution in [3.63, 3.8) is 0 Å². The van der Waals surface area contributed by atoms with Gasteiger partial charge in [0.1, 0.15) is 6.10 Å². The first-order valence-corrected chi connectivity index (χ1v) is 2.91. The van der Waals surface area contributed by atoms with E-state index in [4.69, 9.17) is 4.74 Å². The smallest absolute Gasteiger partial charge is 0.123 e. The van der Waals surface area contributed by atoms with Gasteiger partial charge in [0.05, 0.1) is 6.61 Å². The van der Waals surface area contributed by atoms with Crippen LogP contribution in [-0.2, 0) is 4.74 Å². The van der Waals surface area contributed by atoms with Crippen LogP contribution in [0.15, 0.2) is 0 Å². The van der Waals surface area contributed by atoms with E-state index >= 15 is 0 Å². The van der Waals surface area contributed by atoms with E-state index in [9.17, 15) is 0 Å². The molecular weight excluding hydrogens is 88.1 g/mol. The number of hydrogen-bond acceptors (Lipinski definition) is 1. The molecule has 0 aromatic carbocycles. The third kappa shape index (κ3) is 1.93. The van der Waals surface area contributed by atoms with Crippen LogP contribution in [0.4, 0.5) is 0 Å². The summed E-state index contributed by atoms with van der Waals surface area (Å²) in [5.41, 5.74) is 0. The molecule has 0 saturated carbocycles. The quantitative estimate of drug-likeness (QED) is 0.491. The molecule has 0 atom stereocenters. The molecule has 41 valence electrons. The van der Waals surface area contributed by atoms with Gasteiger partial charge in [-0.25, -0.2) is 0 Å². The lowest BCUT2D eigenvalue weighted by atomic mass is 10.2. The molecule has 0 N–H and O–H groups in total. The summed E-state index contributed by atoms with van der Waals surface area (Å²) in [6.45, 7) is 3.14. The van der Waals surface area contributed by atoms with Gasteiger partial charge in [0.25, 0.3) is 0 Å². The molecule has 0 aromatic rings. The van der Waals surface area contributed by atoms with Crippen LogP contribution in [0.25, 0.3) is 0 Å². The monoisotopic (exact) mass is 99.1 g/mol. The highest BCUT2D eigenvalue weighted by Crippen LogP contribution is 2.24. The Hall–Kier alpha value is -0.0400. The summed E-state index contributed by atoms with van der Waals surface area (Å²) in [6, 6.07) is 0. The molecule has 0 bridgehead atoms. The van der Waals surface area contributed by atoms with E-state index in [1.54, 1.807) is 0 Å². The summed E-state index contributed by atoms with van der Waals surface area (Å²) in [6.07, 6.45) is 5.10. The normalized spacial score (nSPS) is 20.1. The van der Waals surface area contributed by atoms with E-state index < -0.39 is 0 Å². The lowest BCUT2D eigenvalue weighted by Crippen LogP contribution is -1.72. The van der Waals surface area contributed by atoms with Gasteiger partial charge in [-0.05, 0) is 6.42 Å². The molecule has 0 unspecified atom stereocenters. The first kappa shape index (κ1) is 5.10. The van der Waals surface area contributed by atoms with E-state index in [2.05, 4.69) is 6.92 Å². The number of unbranched alkanes of at least 4 members (excludes halogenated alkanes) is 1. The molecule has 1 nitrogen and oxygen atoms in total. The fourth-order valence-electron chi connectivity index (χ4n) is 0.569. The Morgan fingerprint density at radius 1 is 1.71 bits per heavy atom. The molecule has 1 aliphatic rings. The van der Waals surface area contributed by atoms with Crippen LogP contribution in [0.2, 0.25) is 0 Å². The molecule has 1 rings (SSSR count). The molecule has 0 aromatic heterocycles. The summed E-state index contributed by atoms with van der Waals surface area (Å²) in [5, 5.41) is 0. The number of ether oxygens (including phenoxy) is 1. The Morgan fingerprint density at radius 2 is 2.43 bits per heavy atom. The molecule has 7 heavy (non-hydrogen) atoms. The van der Waals surface area contributed by atoms with E-state index in [0.717, 1.165) is 6.61 Å². The highest BCUT2D eigenvalue weighted by molar-refractivity contribution is 4.89. The van der Waals surface area contributed by atoms with Gasteiger partial charge in [-0.3, -0.25) is 0 Å². The molecule has 1 heterocycles. The number of hydrogen-bond donors (Lipinski definition) is 0. The van der Waals surface area contributed by atoms with Crippen molar-refractivity contribution in [1.82, 2.24) is 0 Å².